The molecule has 10 radical (unpaired) electrons. The van der Waals surface area contributed by atoms with Gasteiger partial charge < -0.3 is 51.4 Å². The summed E-state index contributed by atoms with van der Waals surface area (Å²) in [6, 6.07) is 9.63. The van der Waals surface area contributed by atoms with Crippen LogP contribution in [-0.4, -0.2) is 19.3 Å². The zero-order valence-corrected chi connectivity index (χ0v) is 22.6. The van der Waals surface area contributed by atoms with E-state index in [1.165, 1.54) is 6.33 Å². The third kappa shape index (κ3) is 12.8. The number of nitrogens with one attached hydrogen (secondary N) is 3. The van der Waals surface area contributed by atoms with Crippen LogP contribution < -0.4 is 27.1 Å². The Morgan fingerprint density at radius 1 is 0.970 bits per heavy atom. The standard InChI is InChI=1S/C7H8N2S2.C5H5N5O.2C5H5.Hf/c10-7(11)9-8-6-4-2-1-3-5-6;6-5-9-3-2(4(11)10-5)7-1-8-3;2*1-2-4-5-3-1;/h1-5,8H,(H2,9,10,11);1H,(H4,6,7,8,9,10,11);2*1-5H;/q;;;;+4/p-2. The average Bonchev–Trinajstić information content (AvgIpc) is 3.59. The molecule has 0 spiro atoms. The monoisotopic (exact) mass is 643 g/mol. The minimum Gasteiger partial charge on any atom is -0.437 e. The first kappa shape index (κ1) is 29.2. The van der Waals surface area contributed by atoms with Crippen molar-refractivity contribution in [2.45, 2.75) is 0 Å². The molecule has 0 saturated heterocycles. The molecule has 2 aliphatic carbocycles. The molecular weight excluding hydrogens is 621 g/mol. The third-order valence-electron chi connectivity index (χ3n) is 3.46. The topological polar surface area (TPSA) is 123 Å². The molecule has 2 saturated carbocycles. The van der Waals surface area contributed by atoms with Crippen LogP contribution in [0.15, 0.2) is 41.5 Å². The quantitative estimate of drug-likeness (QED) is 0.145. The van der Waals surface area contributed by atoms with Gasteiger partial charge in [0.2, 0.25) is 5.95 Å². The van der Waals surface area contributed by atoms with Gasteiger partial charge in [-0.3, -0.25) is 9.78 Å². The maximum absolute atomic E-state index is 11.0. The van der Waals surface area contributed by atoms with Gasteiger partial charge in [-0.25, -0.2) is 4.98 Å². The number of nitrogen functional groups attached to an aromatic ring is 1. The summed E-state index contributed by atoms with van der Waals surface area (Å²) >= 11 is 9.27. The molecule has 0 aliphatic heterocycles. The summed E-state index contributed by atoms with van der Waals surface area (Å²) in [7, 11) is 0. The number of hydrogen-bond donors (Lipinski definition) is 4. The van der Waals surface area contributed by atoms with E-state index < -0.39 is 0 Å². The SMILES string of the molecule is Nc1nc2nc[n-]c2c(=O)[nH]1.S=C([S-])NNc1ccccc1.[CH]1[CH][CH][CH][CH]1.[CH]1[CH][CH][CH][CH]1.[Hf+4]. The molecule has 164 valence electrons. The fourth-order valence-corrected chi connectivity index (χ4v) is 2.21. The minimum absolute atomic E-state index is 0. The molecule has 0 amide bonds. The molecule has 3 aromatic rings. The molecule has 0 bridgehead atoms. The second kappa shape index (κ2) is 17.6. The second-order valence-corrected chi connectivity index (χ2v) is 6.90. The van der Waals surface area contributed by atoms with Gasteiger partial charge in [0.1, 0.15) is 0 Å². The predicted molar refractivity (Wildman–Crippen MR) is 134 cm³/mol. The van der Waals surface area contributed by atoms with Gasteiger partial charge in [-0.05, 0) is 80.7 Å². The number of hydrogen-bond acceptors (Lipinski definition) is 7. The Bertz CT molecular complexity index is 948. The van der Waals surface area contributed by atoms with E-state index in [0.717, 1.165) is 5.69 Å². The van der Waals surface area contributed by atoms with Crippen molar-refractivity contribution in [2.75, 3.05) is 11.2 Å². The van der Waals surface area contributed by atoms with Crippen LogP contribution in [0.2, 0.25) is 0 Å². The van der Waals surface area contributed by atoms with Crippen LogP contribution in [0.5, 0.6) is 0 Å². The predicted octanol–water partition coefficient (Wildman–Crippen LogP) is 2.33. The minimum atomic E-state index is -0.356. The van der Waals surface area contributed by atoms with E-state index in [2.05, 4.69) is 55.6 Å². The molecular formula is C22H21HfN7OS2+2. The number of aromatic amines is 1. The zero-order chi connectivity index (χ0) is 23.0. The maximum Gasteiger partial charge on any atom is 4.00 e. The van der Waals surface area contributed by atoms with E-state index in [-0.39, 0.29) is 48.5 Å². The Balaban J connectivity index is 0.000000231. The fourth-order valence-electron chi connectivity index (χ4n) is 2.11. The van der Waals surface area contributed by atoms with Gasteiger partial charge >= 0.3 is 25.8 Å². The molecule has 0 unspecified atom stereocenters. The second-order valence-electron chi connectivity index (χ2n) is 5.83. The van der Waals surface area contributed by atoms with Gasteiger partial charge in [0, 0.05) is 5.52 Å². The molecule has 2 aromatic heterocycles. The van der Waals surface area contributed by atoms with Crippen LogP contribution in [0, 0.1) is 64.2 Å². The third-order valence-corrected chi connectivity index (χ3v) is 3.66. The number of anilines is 2. The number of fused-ring (bicyclic) bond motifs is 1. The van der Waals surface area contributed by atoms with Crippen molar-refractivity contribution in [3.05, 3.63) is 111 Å². The van der Waals surface area contributed by atoms with E-state index in [1.807, 2.05) is 94.5 Å². The molecule has 2 fully saturated rings. The maximum atomic E-state index is 11.0. The Morgan fingerprint density at radius 3 is 1.97 bits per heavy atom. The number of nitrogens with zero attached hydrogens (tertiary/aromatic N) is 3. The average molecular weight is 642 g/mol. The van der Waals surface area contributed by atoms with Crippen LogP contribution in [0.25, 0.3) is 11.2 Å². The first-order valence-corrected chi connectivity index (χ1v) is 10.1. The summed E-state index contributed by atoms with van der Waals surface area (Å²) in [5.41, 5.74) is 11.8. The molecule has 11 heteroatoms. The van der Waals surface area contributed by atoms with Gasteiger partial charge in [0.25, 0.3) is 5.56 Å². The fraction of sp³-hybridized carbons (Fsp3) is 0. The Hall–Kier alpha value is -1.85. The molecule has 1 aromatic carbocycles. The summed E-state index contributed by atoms with van der Waals surface area (Å²) < 4.78 is 0.314. The number of H-pyrrole nitrogens is 1. The van der Waals surface area contributed by atoms with Gasteiger partial charge in [-0.15, -0.1) is 0 Å². The molecule has 2 heterocycles. The Kier molecular flexibility index (Phi) is 15.6. The van der Waals surface area contributed by atoms with Gasteiger partial charge in [-0.1, -0.05) is 24.5 Å². The van der Waals surface area contributed by atoms with Gasteiger partial charge in [0.05, 0.1) is 11.3 Å². The van der Waals surface area contributed by atoms with Crippen molar-refractivity contribution >= 4 is 52.0 Å². The summed E-state index contributed by atoms with van der Waals surface area (Å²) in [6.45, 7) is 0. The van der Waals surface area contributed by atoms with E-state index in [0.29, 0.717) is 4.32 Å². The molecule has 2 aliphatic rings. The molecule has 5 rings (SSSR count). The number of imidazole rings is 1. The molecule has 8 nitrogen and oxygen atoms in total. The van der Waals surface area contributed by atoms with Crippen molar-refractivity contribution in [1.82, 2.24) is 25.4 Å². The number of rotatable bonds is 2. The van der Waals surface area contributed by atoms with E-state index in [4.69, 9.17) is 5.73 Å². The van der Waals surface area contributed by atoms with E-state index in [9.17, 15) is 4.79 Å². The smallest absolute Gasteiger partial charge is 0.437 e. The number of thiocarbonyl (C=S) groups is 1. The molecule has 5 N–H and O–H groups in total. The summed E-state index contributed by atoms with van der Waals surface area (Å²) in [4.78, 5) is 24.4. The normalized spacial score (nSPS) is 13.7. The van der Waals surface area contributed by atoms with Gasteiger partial charge in [0.15, 0.2) is 0 Å². The number of para-hydroxylation sites is 1. The van der Waals surface area contributed by atoms with Crippen molar-refractivity contribution in [3.8, 4) is 0 Å². The van der Waals surface area contributed by atoms with Crippen LogP contribution >= 0.6 is 12.2 Å². The summed E-state index contributed by atoms with van der Waals surface area (Å²) in [6.07, 6.45) is 21.3. The zero-order valence-electron chi connectivity index (χ0n) is 17.4. The summed E-state index contributed by atoms with van der Waals surface area (Å²) in [5.74, 6) is 0.0583. The molecule has 33 heavy (non-hydrogen) atoms. The number of hydrazine groups is 1. The molecule has 0 atom stereocenters. The Labute approximate surface area is 224 Å². The number of benzene rings is 1. The van der Waals surface area contributed by atoms with Crippen molar-refractivity contribution in [3.63, 3.8) is 0 Å². The number of nitrogens with two attached hydrogens (primary N) is 1. The van der Waals surface area contributed by atoms with Crippen molar-refractivity contribution < 1.29 is 25.8 Å². The number of aromatic nitrogens is 4. The van der Waals surface area contributed by atoms with Crippen LogP contribution in [0.4, 0.5) is 11.6 Å². The van der Waals surface area contributed by atoms with Crippen LogP contribution in [-0.2, 0) is 38.5 Å². The van der Waals surface area contributed by atoms with Crippen molar-refractivity contribution in [2.24, 2.45) is 0 Å². The van der Waals surface area contributed by atoms with Crippen LogP contribution in [0.1, 0.15) is 0 Å². The van der Waals surface area contributed by atoms with E-state index >= 15 is 0 Å². The van der Waals surface area contributed by atoms with E-state index in [1.54, 1.807) is 0 Å². The first-order chi connectivity index (χ1) is 15.6. The van der Waals surface area contributed by atoms with Gasteiger partial charge in [-0.2, -0.15) is 0 Å². The van der Waals surface area contributed by atoms with Crippen molar-refractivity contribution in [1.29, 1.82) is 0 Å². The Morgan fingerprint density at radius 2 is 1.48 bits per heavy atom. The first-order valence-electron chi connectivity index (χ1n) is 9.31. The summed E-state index contributed by atoms with van der Waals surface area (Å²) in [5, 5.41) is 0. The largest absolute Gasteiger partial charge is 4.00 e. The van der Waals surface area contributed by atoms with Crippen LogP contribution in [0.3, 0.4) is 0 Å².